The van der Waals surface area contributed by atoms with Gasteiger partial charge in [0.05, 0.1) is 0 Å². The summed E-state index contributed by atoms with van der Waals surface area (Å²) in [6, 6.07) is 26.1. The van der Waals surface area contributed by atoms with Crippen molar-refractivity contribution in [2.75, 3.05) is 11.1 Å². The first-order valence-electron chi connectivity index (χ1n) is 11.3. The maximum atomic E-state index is 15.1. The Balaban J connectivity index is 1.51. The van der Waals surface area contributed by atoms with Gasteiger partial charge in [0.1, 0.15) is 0 Å². The van der Waals surface area contributed by atoms with Gasteiger partial charge in [0.2, 0.25) is 0 Å². The van der Waals surface area contributed by atoms with Crippen LogP contribution >= 0.6 is 22.6 Å². The molecule has 0 saturated carbocycles. The number of halogens is 3. The molecular weight excluding hydrogens is 695 g/mol. The van der Waals surface area contributed by atoms with Crippen molar-refractivity contribution in [3.63, 3.8) is 0 Å². The predicted molar refractivity (Wildman–Crippen MR) is 148 cm³/mol. The van der Waals surface area contributed by atoms with Crippen LogP contribution in [0, 0.1) is 16.5 Å². The van der Waals surface area contributed by atoms with Crippen LogP contribution in [0.2, 0.25) is 0 Å². The van der Waals surface area contributed by atoms with Crippen molar-refractivity contribution in [1.29, 1.82) is 0 Å². The summed E-state index contributed by atoms with van der Waals surface area (Å²) in [6.07, 6.45) is 3.13. The average molecular weight is 716 g/mol. The standard InChI is InChI=1S/C28H21FI2N5O/c29-24-14-19(6-11-25(24)31-21-12-13-33-26(32)15-21)23-16-34-28(35-22-9-7-20(30)8-10-22)36(27(23)37)17-18-4-2-1-3-5-18/h1-16H,17H2,(H2,32,33)(H,34,35)/q-1. The number of hydrogen-bond acceptors (Lipinski definition) is 5. The van der Waals surface area contributed by atoms with E-state index in [9.17, 15) is 4.79 Å². The van der Waals surface area contributed by atoms with E-state index in [-0.39, 0.29) is 11.4 Å². The van der Waals surface area contributed by atoms with Gasteiger partial charge in [-0.3, -0.25) is 0 Å². The number of rotatable bonds is 7. The van der Waals surface area contributed by atoms with E-state index in [0.29, 0.717) is 33.0 Å². The zero-order valence-electron chi connectivity index (χ0n) is 19.4. The third-order valence-corrected chi connectivity index (χ3v) is 8.98. The Hall–Kier alpha value is -3.32. The summed E-state index contributed by atoms with van der Waals surface area (Å²) in [6.45, 7) is 0.322. The topological polar surface area (TPSA) is 85.8 Å². The molecule has 2 heterocycles. The molecule has 0 unspecified atom stereocenters. The molecule has 6 nitrogen and oxygen atoms in total. The van der Waals surface area contributed by atoms with Gasteiger partial charge in [-0.25, -0.2) is 0 Å². The van der Waals surface area contributed by atoms with Crippen LogP contribution in [0.4, 0.5) is 21.8 Å². The zero-order valence-corrected chi connectivity index (χ0v) is 23.7. The summed E-state index contributed by atoms with van der Waals surface area (Å²) in [5.41, 5.74) is 8.11. The van der Waals surface area contributed by atoms with Crippen LogP contribution in [0.5, 0.6) is 0 Å². The van der Waals surface area contributed by atoms with Gasteiger partial charge in [-0.2, -0.15) is 0 Å². The molecule has 3 N–H and O–H groups in total. The molecule has 0 aliphatic carbocycles. The summed E-state index contributed by atoms with van der Waals surface area (Å²) in [5.74, 6) is 0.478. The van der Waals surface area contributed by atoms with E-state index in [2.05, 4.69) is 37.9 Å². The van der Waals surface area contributed by atoms with E-state index in [1.165, 1.54) is 12.3 Å². The number of aromatic nitrogens is 3. The van der Waals surface area contributed by atoms with Gasteiger partial charge in [0.25, 0.3) is 0 Å². The third-order valence-electron chi connectivity index (χ3n) is 5.52. The molecule has 37 heavy (non-hydrogen) atoms. The molecule has 3 aromatic carbocycles. The summed E-state index contributed by atoms with van der Waals surface area (Å²) in [5, 5.41) is 3.26. The number of benzene rings is 3. The number of pyridine rings is 1. The number of nitrogens with one attached hydrogen (secondary N) is 1. The Labute approximate surface area is 237 Å². The van der Waals surface area contributed by atoms with Crippen molar-refractivity contribution < 1.29 is 25.6 Å². The van der Waals surface area contributed by atoms with E-state index in [0.717, 1.165) is 18.4 Å². The SMILES string of the molecule is Nc1cc([I-]c2ccc(-c3cnc(Nc4ccc(I)cc4)n(Cc4ccccc4)c3=O)cc2F)ccn1. The summed E-state index contributed by atoms with van der Waals surface area (Å²) < 4.78 is 19.4. The molecule has 0 spiro atoms. The second-order valence-electron chi connectivity index (χ2n) is 8.13. The summed E-state index contributed by atoms with van der Waals surface area (Å²) in [4.78, 5) is 22.3. The van der Waals surface area contributed by atoms with E-state index in [4.69, 9.17) is 5.73 Å². The van der Waals surface area contributed by atoms with Crippen LogP contribution in [0.1, 0.15) is 5.56 Å². The molecule has 2 aromatic heterocycles. The van der Waals surface area contributed by atoms with Crippen LogP contribution in [0.15, 0.2) is 102 Å². The molecule has 186 valence electrons. The molecule has 5 aromatic rings. The van der Waals surface area contributed by atoms with E-state index < -0.39 is 21.2 Å². The monoisotopic (exact) mass is 716 g/mol. The fourth-order valence-corrected chi connectivity index (χ4v) is 6.32. The number of nitrogen functional groups attached to an aromatic ring is 1. The van der Waals surface area contributed by atoms with E-state index in [1.54, 1.807) is 29.0 Å². The number of anilines is 3. The van der Waals surface area contributed by atoms with Crippen molar-refractivity contribution in [2.45, 2.75) is 6.54 Å². The number of hydrogen-bond donors (Lipinski definition) is 2. The maximum absolute atomic E-state index is 15.1. The van der Waals surface area contributed by atoms with Gasteiger partial charge in [-0.05, 0) is 22.6 Å². The van der Waals surface area contributed by atoms with Crippen molar-refractivity contribution in [3.8, 4) is 11.1 Å². The Morgan fingerprint density at radius 1 is 0.973 bits per heavy atom. The molecular formula is C28H21FI2N5O-. The Morgan fingerprint density at radius 2 is 1.76 bits per heavy atom. The van der Waals surface area contributed by atoms with Gasteiger partial charge in [-0.1, -0.05) is 0 Å². The van der Waals surface area contributed by atoms with Crippen molar-refractivity contribution in [1.82, 2.24) is 14.5 Å². The normalized spacial score (nSPS) is 11.0. The molecule has 0 amide bonds. The van der Waals surface area contributed by atoms with Gasteiger partial charge >= 0.3 is 213 Å². The summed E-state index contributed by atoms with van der Waals surface area (Å²) in [7, 11) is 0. The van der Waals surface area contributed by atoms with Crippen molar-refractivity contribution >= 4 is 40.0 Å². The molecule has 0 fully saturated rings. The Kier molecular flexibility index (Phi) is 7.79. The molecule has 5 rings (SSSR count). The molecule has 0 bridgehead atoms. The van der Waals surface area contributed by atoms with Crippen LogP contribution in [-0.2, 0) is 6.54 Å². The van der Waals surface area contributed by atoms with E-state index >= 15 is 4.39 Å². The van der Waals surface area contributed by atoms with E-state index in [1.807, 2.05) is 60.7 Å². The van der Waals surface area contributed by atoms with Crippen LogP contribution < -0.4 is 37.8 Å². The second kappa shape index (κ2) is 11.4. The predicted octanol–water partition coefficient (Wildman–Crippen LogP) is 2.55. The first-order valence-corrected chi connectivity index (χ1v) is 14.5. The quantitative estimate of drug-likeness (QED) is 0.253. The van der Waals surface area contributed by atoms with Gasteiger partial charge in [0.15, 0.2) is 0 Å². The number of nitrogens with two attached hydrogens (primary N) is 1. The van der Waals surface area contributed by atoms with Crippen LogP contribution in [0.25, 0.3) is 11.1 Å². The van der Waals surface area contributed by atoms with Gasteiger partial charge in [-0.15, -0.1) is 0 Å². The fourth-order valence-electron chi connectivity index (χ4n) is 3.70. The molecule has 0 saturated heterocycles. The fraction of sp³-hybridized carbons (Fsp3) is 0.0357. The average Bonchev–Trinajstić information content (AvgIpc) is 2.89. The Morgan fingerprint density at radius 3 is 2.49 bits per heavy atom. The molecule has 0 aliphatic rings. The molecule has 0 radical (unpaired) electrons. The molecule has 0 atom stereocenters. The van der Waals surface area contributed by atoms with Gasteiger partial charge in [0, 0.05) is 3.57 Å². The first-order chi connectivity index (χ1) is 18.0. The van der Waals surface area contributed by atoms with Crippen molar-refractivity contribution in [2.24, 2.45) is 0 Å². The first kappa shape index (κ1) is 25.3. The van der Waals surface area contributed by atoms with Gasteiger partial charge < -0.3 is 0 Å². The Bertz CT molecular complexity index is 1610. The molecule has 9 heteroatoms. The van der Waals surface area contributed by atoms with Crippen LogP contribution in [0.3, 0.4) is 0 Å². The molecule has 0 aliphatic heterocycles. The minimum absolute atomic E-state index is 0.254. The number of nitrogens with zero attached hydrogens (tertiary/aromatic N) is 3. The van der Waals surface area contributed by atoms with Crippen molar-refractivity contribution in [3.05, 3.63) is 130 Å². The minimum atomic E-state index is -0.782. The summed E-state index contributed by atoms with van der Waals surface area (Å²) >= 11 is 1.46. The second-order valence-corrected chi connectivity index (χ2v) is 12.3. The third kappa shape index (κ3) is 6.16. The zero-order chi connectivity index (χ0) is 25.8. The van der Waals surface area contributed by atoms with Crippen LogP contribution in [-0.4, -0.2) is 14.5 Å².